The molecule has 0 aromatic carbocycles. The van der Waals surface area contributed by atoms with Crippen LogP contribution < -0.4 is 10.6 Å². The molecule has 0 unspecified atom stereocenters. The van der Waals surface area contributed by atoms with E-state index >= 15 is 0 Å². The van der Waals surface area contributed by atoms with Gasteiger partial charge >= 0.3 is 12.0 Å². The number of esters is 1. The molecule has 1 heterocycles. The number of carbonyl (C=O) groups is 2. The Hall–Kier alpha value is -1.60. The van der Waals surface area contributed by atoms with Crippen molar-refractivity contribution in [2.75, 3.05) is 52.5 Å². The Bertz CT molecular complexity index is 341. The molecule has 1 fully saturated rings. The van der Waals surface area contributed by atoms with E-state index in [-0.39, 0.29) is 19.2 Å². The Morgan fingerprint density at radius 1 is 1.25 bits per heavy atom. The van der Waals surface area contributed by atoms with Crippen LogP contribution in [-0.2, 0) is 14.3 Å². The number of urea groups is 1. The molecule has 0 aromatic heterocycles. The average Bonchev–Trinajstić information content (AvgIpc) is 2.44. The van der Waals surface area contributed by atoms with Crippen molar-refractivity contribution in [2.45, 2.75) is 6.92 Å². The average molecular weight is 285 g/mol. The van der Waals surface area contributed by atoms with Crippen molar-refractivity contribution >= 4 is 12.0 Å². The zero-order valence-corrected chi connectivity index (χ0v) is 11.9. The summed E-state index contributed by atoms with van der Waals surface area (Å²) in [6.07, 6.45) is 0. The minimum Gasteiger partial charge on any atom is -0.460 e. The van der Waals surface area contributed by atoms with E-state index in [1.54, 1.807) is 6.92 Å². The van der Waals surface area contributed by atoms with Gasteiger partial charge in [-0.3, -0.25) is 4.90 Å². The first-order valence-corrected chi connectivity index (χ1v) is 6.74. The molecule has 7 nitrogen and oxygen atoms in total. The summed E-state index contributed by atoms with van der Waals surface area (Å²) in [6, 6.07) is -0.260. The first-order chi connectivity index (χ1) is 9.59. The molecule has 0 spiro atoms. The zero-order valence-electron chi connectivity index (χ0n) is 11.9. The maximum absolute atomic E-state index is 11.4. The molecule has 1 rings (SSSR count). The van der Waals surface area contributed by atoms with Gasteiger partial charge in [0.2, 0.25) is 0 Å². The molecule has 2 N–H and O–H groups in total. The molecule has 1 aliphatic rings. The lowest BCUT2D eigenvalue weighted by Gasteiger charge is -2.26. The van der Waals surface area contributed by atoms with Gasteiger partial charge in [0, 0.05) is 31.8 Å². The number of ether oxygens (including phenoxy) is 2. The fourth-order valence-corrected chi connectivity index (χ4v) is 1.65. The van der Waals surface area contributed by atoms with Crippen LogP contribution in [0.5, 0.6) is 0 Å². The lowest BCUT2D eigenvalue weighted by atomic mass is 10.4. The normalized spacial score (nSPS) is 15.4. The SMILES string of the molecule is C=C(C)C(=O)OCCNC(=O)NCCN1CCOCC1. The highest BCUT2D eigenvalue weighted by atomic mass is 16.5. The van der Waals surface area contributed by atoms with Crippen molar-refractivity contribution in [1.82, 2.24) is 15.5 Å². The molecule has 7 heteroatoms. The van der Waals surface area contributed by atoms with Crippen molar-refractivity contribution in [3.8, 4) is 0 Å². The minimum atomic E-state index is -0.445. The zero-order chi connectivity index (χ0) is 14.8. The highest BCUT2D eigenvalue weighted by molar-refractivity contribution is 5.86. The van der Waals surface area contributed by atoms with E-state index in [1.807, 2.05) is 0 Å². The number of amides is 2. The van der Waals surface area contributed by atoms with Gasteiger partial charge < -0.3 is 20.1 Å². The predicted octanol–water partition coefficient (Wildman–Crippen LogP) is -0.263. The molecule has 0 bridgehead atoms. The van der Waals surface area contributed by atoms with Gasteiger partial charge in [0.25, 0.3) is 0 Å². The van der Waals surface area contributed by atoms with Crippen LogP contribution in [0.3, 0.4) is 0 Å². The number of nitrogens with one attached hydrogen (secondary N) is 2. The topological polar surface area (TPSA) is 79.9 Å². The molecule has 1 aliphatic heterocycles. The maximum Gasteiger partial charge on any atom is 0.333 e. The molecule has 0 aliphatic carbocycles. The fraction of sp³-hybridized carbons (Fsp3) is 0.692. The van der Waals surface area contributed by atoms with Crippen molar-refractivity contribution in [2.24, 2.45) is 0 Å². The smallest absolute Gasteiger partial charge is 0.333 e. The molecule has 0 atom stereocenters. The van der Waals surface area contributed by atoms with Gasteiger partial charge in [-0.15, -0.1) is 0 Å². The van der Waals surface area contributed by atoms with Gasteiger partial charge in [0.15, 0.2) is 0 Å². The van der Waals surface area contributed by atoms with Crippen LogP contribution in [0.25, 0.3) is 0 Å². The van der Waals surface area contributed by atoms with Crippen LogP contribution in [0.1, 0.15) is 6.92 Å². The van der Waals surface area contributed by atoms with Crippen molar-refractivity contribution in [3.05, 3.63) is 12.2 Å². The summed E-state index contributed by atoms with van der Waals surface area (Å²) in [6.45, 7) is 10.2. The van der Waals surface area contributed by atoms with E-state index in [0.717, 1.165) is 32.8 Å². The van der Waals surface area contributed by atoms with Gasteiger partial charge in [-0.1, -0.05) is 6.58 Å². The summed E-state index contributed by atoms with van der Waals surface area (Å²) in [4.78, 5) is 24.7. The van der Waals surface area contributed by atoms with Crippen molar-refractivity contribution in [3.63, 3.8) is 0 Å². The molecular weight excluding hydrogens is 262 g/mol. The first-order valence-electron chi connectivity index (χ1n) is 6.74. The first kappa shape index (κ1) is 16.5. The van der Waals surface area contributed by atoms with Gasteiger partial charge in [-0.05, 0) is 6.92 Å². The largest absolute Gasteiger partial charge is 0.460 e. The molecule has 0 radical (unpaired) electrons. The van der Waals surface area contributed by atoms with Crippen molar-refractivity contribution < 1.29 is 19.1 Å². The number of hydrogen-bond acceptors (Lipinski definition) is 5. The quantitative estimate of drug-likeness (QED) is 0.383. The standard InChI is InChI=1S/C13H23N3O4/c1-11(2)12(17)20-8-4-15-13(18)14-3-5-16-6-9-19-10-7-16/h1,3-10H2,2H3,(H2,14,15,18). The van der Waals surface area contributed by atoms with Gasteiger partial charge in [-0.25, -0.2) is 9.59 Å². The van der Waals surface area contributed by atoms with Crippen LogP contribution in [0.4, 0.5) is 4.79 Å². The molecule has 114 valence electrons. The summed E-state index contributed by atoms with van der Waals surface area (Å²) < 4.78 is 10.1. The fourth-order valence-electron chi connectivity index (χ4n) is 1.65. The Morgan fingerprint density at radius 2 is 1.90 bits per heavy atom. The van der Waals surface area contributed by atoms with Crippen LogP contribution >= 0.6 is 0 Å². The predicted molar refractivity (Wildman–Crippen MR) is 74.4 cm³/mol. The number of nitrogens with zero attached hydrogens (tertiary/aromatic N) is 1. The Kier molecular flexibility index (Phi) is 7.67. The Labute approximate surface area is 119 Å². The molecule has 2 amide bonds. The molecule has 0 saturated carbocycles. The summed E-state index contributed by atoms with van der Waals surface area (Å²) in [5.41, 5.74) is 0.347. The minimum absolute atomic E-state index is 0.141. The summed E-state index contributed by atoms with van der Waals surface area (Å²) >= 11 is 0. The van der Waals surface area contributed by atoms with Gasteiger partial charge in [0.05, 0.1) is 19.8 Å². The molecule has 1 saturated heterocycles. The number of morpholine rings is 1. The third kappa shape index (κ3) is 7.10. The third-order valence-corrected chi connectivity index (χ3v) is 2.79. The second-order valence-electron chi connectivity index (χ2n) is 4.55. The summed E-state index contributed by atoms with van der Waals surface area (Å²) in [5, 5.41) is 5.36. The molecule has 20 heavy (non-hydrogen) atoms. The monoisotopic (exact) mass is 285 g/mol. The lowest BCUT2D eigenvalue weighted by molar-refractivity contribution is -0.138. The lowest BCUT2D eigenvalue weighted by Crippen LogP contribution is -2.44. The third-order valence-electron chi connectivity index (χ3n) is 2.79. The van der Waals surface area contributed by atoms with E-state index in [4.69, 9.17) is 9.47 Å². The van der Waals surface area contributed by atoms with E-state index in [0.29, 0.717) is 12.1 Å². The van der Waals surface area contributed by atoms with Crippen molar-refractivity contribution in [1.29, 1.82) is 0 Å². The summed E-state index contributed by atoms with van der Waals surface area (Å²) in [5.74, 6) is -0.445. The van der Waals surface area contributed by atoms with E-state index in [2.05, 4.69) is 22.1 Å². The van der Waals surface area contributed by atoms with Crippen LogP contribution in [-0.4, -0.2) is 69.4 Å². The molecular formula is C13H23N3O4. The maximum atomic E-state index is 11.4. The summed E-state index contributed by atoms with van der Waals surface area (Å²) in [7, 11) is 0. The van der Waals surface area contributed by atoms with E-state index in [1.165, 1.54) is 0 Å². The highest BCUT2D eigenvalue weighted by Crippen LogP contribution is 1.94. The number of carbonyl (C=O) groups excluding carboxylic acids is 2. The van der Waals surface area contributed by atoms with Crippen LogP contribution in [0, 0.1) is 0 Å². The number of hydrogen-bond donors (Lipinski definition) is 2. The second kappa shape index (κ2) is 9.33. The number of rotatable bonds is 7. The Morgan fingerprint density at radius 3 is 2.55 bits per heavy atom. The van der Waals surface area contributed by atoms with E-state index in [9.17, 15) is 9.59 Å². The highest BCUT2D eigenvalue weighted by Gasteiger charge is 2.10. The second-order valence-corrected chi connectivity index (χ2v) is 4.55. The molecule has 0 aromatic rings. The van der Waals surface area contributed by atoms with Gasteiger partial charge in [-0.2, -0.15) is 0 Å². The van der Waals surface area contributed by atoms with Gasteiger partial charge in [0.1, 0.15) is 6.61 Å². The van der Waals surface area contributed by atoms with Crippen LogP contribution in [0.2, 0.25) is 0 Å². The Balaban J connectivity index is 1.97. The van der Waals surface area contributed by atoms with Crippen LogP contribution in [0.15, 0.2) is 12.2 Å². The van der Waals surface area contributed by atoms with E-state index < -0.39 is 5.97 Å².